The van der Waals surface area contributed by atoms with Crippen LogP contribution in [0.4, 0.5) is 4.79 Å². The number of hydrogen-bond acceptors (Lipinski definition) is 4. The van der Waals surface area contributed by atoms with E-state index in [0.717, 1.165) is 18.5 Å². The number of aromatic nitrogens is 2. The first kappa shape index (κ1) is 15.8. The van der Waals surface area contributed by atoms with Crippen LogP contribution in [0.1, 0.15) is 51.6 Å². The summed E-state index contributed by atoms with van der Waals surface area (Å²) in [6.07, 6.45) is 3.66. The number of aliphatic carboxylic acids is 1. The molecule has 1 saturated carbocycles. The second-order valence-electron chi connectivity index (χ2n) is 7.59. The van der Waals surface area contributed by atoms with Gasteiger partial charge < -0.3 is 14.7 Å². The number of hydrogen-bond donors (Lipinski definition) is 1. The Morgan fingerprint density at radius 3 is 2.57 bits per heavy atom. The molecule has 2 aliphatic rings. The van der Waals surface area contributed by atoms with Crippen molar-refractivity contribution in [1.29, 1.82) is 0 Å². The topological polar surface area (TPSA) is 84.7 Å². The fraction of sp³-hybridized carbons (Fsp3) is 0.688. The monoisotopic (exact) mass is 321 g/mol. The lowest BCUT2D eigenvalue weighted by atomic mass is 9.86. The minimum Gasteiger partial charge on any atom is -0.481 e. The predicted molar refractivity (Wildman–Crippen MR) is 82.2 cm³/mol. The molecule has 126 valence electrons. The van der Waals surface area contributed by atoms with E-state index in [0.29, 0.717) is 19.0 Å². The number of likely N-dealkylation sites (tertiary alicyclic amines) is 1. The third-order valence-corrected chi connectivity index (χ3v) is 4.19. The lowest BCUT2D eigenvalue weighted by Gasteiger charge is -2.49. The van der Waals surface area contributed by atoms with Crippen LogP contribution in [0.2, 0.25) is 0 Å². The van der Waals surface area contributed by atoms with Crippen LogP contribution in [0, 0.1) is 0 Å². The summed E-state index contributed by atoms with van der Waals surface area (Å²) in [4.78, 5) is 24.9. The molecule has 0 radical (unpaired) electrons. The molecule has 1 N–H and O–H groups in total. The van der Waals surface area contributed by atoms with Gasteiger partial charge in [-0.2, -0.15) is 5.10 Å². The van der Waals surface area contributed by atoms with Crippen molar-refractivity contribution in [3.05, 3.63) is 18.0 Å². The summed E-state index contributed by atoms with van der Waals surface area (Å²) in [5, 5.41) is 13.8. The second kappa shape index (κ2) is 5.25. The van der Waals surface area contributed by atoms with Crippen molar-refractivity contribution in [3.63, 3.8) is 0 Å². The van der Waals surface area contributed by atoms with Gasteiger partial charge in [-0.3, -0.25) is 9.48 Å². The highest BCUT2D eigenvalue weighted by Gasteiger charge is 2.50. The average Bonchev–Trinajstić information content (AvgIpc) is 3.09. The lowest BCUT2D eigenvalue weighted by Crippen LogP contribution is -2.65. The van der Waals surface area contributed by atoms with Crippen molar-refractivity contribution in [1.82, 2.24) is 14.7 Å². The maximum atomic E-state index is 12.1. The number of nitrogens with zero attached hydrogens (tertiary/aromatic N) is 3. The summed E-state index contributed by atoms with van der Waals surface area (Å²) >= 11 is 0. The number of carbonyl (C=O) groups excluding carboxylic acids is 1. The zero-order chi connectivity index (χ0) is 16.8. The largest absolute Gasteiger partial charge is 0.481 e. The van der Waals surface area contributed by atoms with Gasteiger partial charge in [0.15, 0.2) is 0 Å². The molecule has 2 heterocycles. The van der Waals surface area contributed by atoms with Gasteiger partial charge >= 0.3 is 12.1 Å². The van der Waals surface area contributed by atoms with Crippen LogP contribution in [0.15, 0.2) is 12.3 Å². The van der Waals surface area contributed by atoms with Crippen molar-refractivity contribution in [2.45, 2.75) is 57.1 Å². The molecule has 0 atom stereocenters. The van der Waals surface area contributed by atoms with Crippen LogP contribution in [0.3, 0.4) is 0 Å². The number of carboxylic acids is 1. The molecule has 23 heavy (non-hydrogen) atoms. The quantitative estimate of drug-likeness (QED) is 0.919. The Hall–Kier alpha value is -2.05. The predicted octanol–water partition coefficient (Wildman–Crippen LogP) is 2.18. The Kier molecular flexibility index (Phi) is 3.61. The van der Waals surface area contributed by atoms with E-state index in [9.17, 15) is 14.7 Å². The van der Waals surface area contributed by atoms with E-state index in [1.54, 1.807) is 4.68 Å². The molecule has 1 saturated heterocycles. The third kappa shape index (κ3) is 3.33. The number of ether oxygens (including phenoxy) is 1. The maximum Gasteiger partial charge on any atom is 0.410 e. The molecule has 0 bridgehead atoms. The fourth-order valence-electron chi connectivity index (χ4n) is 2.94. The first-order valence-corrected chi connectivity index (χ1v) is 7.94. The summed E-state index contributed by atoms with van der Waals surface area (Å²) in [5.41, 5.74) is -0.214. The summed E-state index contributed by atoms with van der Waals surface area (Å²) in [6.45, 7) is 6.04. The molecule has 7 heteroatoms. The van der Waals surface area contributed by atoms with Gasteiger partial charge in [-0.15, -0.1) is 0 Å². The van der Waals surface area contributed by atoms with Crippen LogP contribution < -0.4 is 0 Å². The molecule has 3 rings (SSSR count). The van der Waals surface area contributed by atoms with E-state index in [1.807, 2.05) is 33.0 Å². The van der Waals surface area contributed by atoms with Crippen LogP contribution in [-0.4, -0.2) is 50.5 Å². The van der Waals surface area contributed by atoms with E-state index in [2.05, 4.69) is 5.10 Å². The Morgan fingerprint density at radius 1 is 1.39 bits per heavy atom. The van der Waals surface area contributed by atoms with Crippen molar-refractivity contribution in [2.75, 3.05) is 13.1 Å². The SMILES string of the molecule is CC(C)(C)OC(=O)N1CC(CC(=O)O)(n2ccc(C3CC3)n2)C1. The average molecular weight is 321 g/mol. The van der Waals surface area contributed by atoms with E-state index in [1.165, 1.54) is 4.90 Å². The van der Waals surface area contributed by atoms with E-state index >= 15 is 0 Å². The number of carboxylic acid groups (broad SMARTS) is 1. The molecule has 0 spiro atoms. The summed E-state index contributed by atoms with van der Waals surface area (Å²) in [5.74, 6) is -0.377. The van der Waals surface area contributed by atoms with Crippen LogP contribution >= 0.6 is 0 Å². The molecular weight excluding hydrogens is 298 g/mol. The standard InChI is InChI=1S/C16H23N3O4/c1-15(2,3)23-14(22)18-9-16(10-18,8-13(20)21)19-7-6-12(17-19)11-4-5-11/h6-7,11H,4-5,8-10H2,1-3H3,(H,20,21). The normalized spacial score (nSPS) is 20.0. The Bertz CT molecular complexity index is 622. The highest BCUT2D eigenvalue weighted by atomic mass is 16.6. The number of rotatable bonds is 4. The highest BCUT2D eigenvalue weighted by Crippen LogP contribution is 2.40. The zero-order valence-electron chi connectivity index (χ0n) is 13.8. The lowest BCUT2D eigenvalue weighted by molar-refractivity contribution is -0.143. The molecule has 0 unspecified atom stereocenters. The van der Waals surface area contributed by atoms with E-state index in [4.69, 9.17) is 4.74 Å². The first-order chi connectivity index (χ1) is 10.7. The van der Waals surface area contributed by atoms with Crippen molar-refractivity contribution >= 4 is 12.1 Å². The van der Waals surface area contributed by atoms with E-state index in [-0.39, 0.29) is 6.42 Å². The molecule has 1 amide bonds. The maximum absolute atomic E-state index is 12.1. The van der Waals surface area contributed by atoms with Gasteiger partial charge in [-0.25, -0.2) is 4.79 Å². The Morgan fingerprint density at radius 2 is 2.04 bits per heavy atom. The van der Waals surface area contributed by atoms with Crippen molar-refractivity contribution < 1.29 is 19.4 Å². The zero-order valence-corrected chi connectivity index (χ0v) is 13.8. The number of amides is 1. The van der Waals surface area contributed by atoms with Gasteiger partial charge in [0.05, 0.1) is 25.2 Å². The second-order valence-corrected chi connectivity index (χ2v) is 7.59. The van der Waals surface area contributed by atoms with Crippen LogP contribution in [0.5, 0.6) is 0 Å². The molecule has 1 aliphatic carbocycles. The summed E-state index contributed by atoms with van der Waals surface area (Å²) < 4.78 is 7.07. The van der Waals surface area contributed by atoms with Gasteiger partial charge in [0.2, 0.25) is 0 Å². The van der Waals surface area contributed by atoms with Gasteiger partial charge in [-0.1, -0.05) is 0 Å². The van der Waals surface area contributed by atoms with Gasteiger partial charge in [0.25, 0.3) is 0 Å². The molecule has 1 aromatic heterocycles. The summed E-state index contributed by atoms with van der Waals surface area (Å²) in [6, 6.07) is 1.96. The molecule has 1 aliphatic heterocycles. The fourth-order valence-corrected chi connectivity index (χ4v) is 2.94. The first-order valence-electron chi connectivity index (χ1n) is 7.94. The van der Waals surface area contributed by atoms with E-state index < -0.39 is 23.2 Å². The van der Waals surface area contributed by atoms with Crippen LogP contribution in [0.25, 0.3) is 0 Å². The highest BCUT2D eigenvalue weighted by molar-refractivity contribution is 5.72. The molecule has 1 aromatic rings. The Balaban J connectivity index is 1.72. The smallest absolute Gasteiger partial charge is 0.410 e. The molecule has 0 aromatic carbocycles. The van der Waals surface area contributed by atoms with Crippen molar-refractivity contribution in [2.24, 2.45) is 0 Å². The third-order valence-electron chi connectivity index (χ3n) is 4.19. The van der Waals surface area contributed by atoms with Crippen LogP contribution in [-0.2, 0) is 15.1 Å². The molecule has 7 nitrogen and oxygen atoms in total. The minimum absolute atomic E-state index is 0.0575. The van der Waals surface area contributed by atoms with Gasteiger partial charge in [0, 0.05) is 12.1 Å². The van der Waals surface area contributed by atoms with Gasteiger partial charge in [0.1, 0.15) is 11.1 Å². The van der Waals surface area contributed by atoms with Gasteiger partial charge in [-0.05, 0) is 39.7 Å². The minimum atomic E-state index is -0.891. The summed E-state index contributed by atoms with van der Waals surface area (Å²) in [7, 11) is 0. The van der Waals surface area contributed by atoms with Crippen molar-refractivity contribution in [3.8, 4) is 0 Å². The Labute approximate surface area is 135 Å². The molecular formula is C16H23N3O4. The number of carbonyl (C=O) groups is 2. The molecule has 2 fully saturated rings.